The molecule has 5 aromatic rings. The number of rotatable bonds is 10. The number of amides is 1. The minimum atomic E-state index is -0.247. The Kier molecular flexibility index (Phi) is 8.51. The van der Waals surface area contributed by atoms with Gasteiger partial charge in [0.25, 0.3) is 0 Å². The van der Waals surface area contributed by atoms with E-state index in [0.29, 0.717) is 36.3 Å². The number of hydrogen-bond acceptors (Lipinski definition) is 8. The van der Waals surface area contributed by atoms with Crippen molar-refractivity contribution in [3.05, 3.63) is 84.7 Å². The normalized spacial score (nSPS) is 16.7. The second kappa shape index (κ2) is 12.8. The third kappa shape index (κ3) is 6.12. The van der Waals surface area contributed by atoms with Crippen LogP contribution in [-0.2, 0) is 16.1 Å². The standard InChI is InChI=1S/C34H38N8O2/c1-5-30(43)38-25-12-15-28-22(18-25)16-17-35-31(28)27-9-7-6-8-23(27)19-36-34-41-33(39-24-10-13-26(44-4)14-11-24)40-32-29(21(2)3)20-37-42(32)34/h5-9,12,15-18,20-21,24,26H,1,10-11,13-14,19H2,2-4H3,(H,38,43)(H2,36,39,40,41). The summed E-state index contributed by atoms with van der Waals surface area (Å²) in [7, 11) is 1.79. The van der Waals surface area contributed by atoms with Crippen LogP contribution >= 0.6 is 0 Å². The Hall–Kier alpha value is -4.83. The van der Waals surface area contributed by atoms with Crippen LogP contribution in [-0.4, -0.2) is 49.7 Å². The number of benzene rings is 2. The predicted octanol–water partition coefficient (Wildman–Crippen LogP) is 6.57. The highest BCUT2D eigenvalue weighted by Crippen LogP contribution is 2.32. The van der Waals surface area contributed by atoms with Crippen LogP contribution in [0.1, 0.15) is 56.6 Å². The molecule has 2 aromatic carbocycles. The number of carbonyl (C=O) groups excluding carboxylic acids is 1. The molecule has 10 nitrogen and oxygen atoms in total. The van der Waals surface area contributed by atoms with Crippen molar-refractivity contribution in [2.75, 3.05) is 23.1 Å². The van der Waals surface area contributed by atoms with Gasteiger partial charge in [-0.3, -0.25) is 9.78 Å². The fourth-order valence-corrected chi connectivity index (χ4v) is 5.85. The lowest BCUT2D eigenvalue weighted by atomic mass is 9.93. The monoisotopic (exact) mass is 590 g/mol. The average Bonchev–Trinajstić information content (AvgIpc) is 3.48. The zero-order valence-electron chi connectivity index (χ0n) is 25.4. The van der Waals surface area contributed by atoms with Crippen molar-refractivity contribution in [2.24, 2.45) is 0 Å². The zero-order valence-corrected chi connectivity index (χ0v) is 25.4. The molecule has 3 N–H and O–H groups in total. The number of aromatic nitrogens is 5. The topological polar surface area (TPSA) is 118 Å². The van der Waals surface area contributed by atoms with Crippen LogP contribution < -0.4 is 16.0 Å². The smallest absolute Gasteiger partial charge is 0.247 e. The predicted molar refractivity (Wildman–Crippen MR) is 175 cm³/mol. The van der Waals surface area contributed by atoms with E-state index in [1.807, 2.05) is 42.6 Å². The van der Waals surface area contributed by atoms with E-state index in [0.717, 1.165) is 64.5 Å². The Morgan fingerprint density at radius 3 is 2.70 bits per heavy atom. The molecule has 3 heterocycles. The van der Waals surface area contributed by atoms with Crippen LogP contribution in [0.4, 0.5) is 17.6 Å². The number of methoxy groups -OCH3 is 1. The molecule has 1 aliphatic rings. The van der Waals surface area contributed by atoms with E-state index in [1.165, 1.54) is 6.08 Å². The van der Waals surface area contributed by atoms with Gasteiger partial charge in [0.1, 0.15) is 0 Å². The SMILES string of the molecule is C=CC(=O)Nc1ccc2c(-c3ccccc3CNc3nc(NC4CCC(OC)CC4)nc4c(C(C)C)cnn34)nccc2c1. The molecule has 1 amide bonds. The van der Waals surface area contributed by atoms with Gasteiger partial charge in [-0.25, -0.2) is 0 Å². The summed E-state index contributed by atoms with van der Waals surface area (Å²) in [5, 5.41) is 16.6. The Labute approximate surface area is 257 Å². The van der Waals surface area contributed by atoms with Gasteiger partial charge in [-0.05, 0) is 66.8 Å². The summed E-state index contributed by atoms with van der Waals surface area (Å²) in [6.07, 6.45) is 9.34. The maximum Gasteiger partial charge on any atom is 0.247 e. The first-order valence-corrected chi connectivity index (χ1v) is 15.1. The summed E-state index contributed by atoms with van der Waals surface area (Å²) >= 11 is 0. The number of pyridine rings is 1. The zero-order chi connectivity index (χ0) is 30.6. The molecule has 0 bridgehead atoms. The van der Waals surface area contributed by atoms with Crippen molar-refractivity contribution >= 4 is 39.9 Å². The molecule has 0 radical (unpaired) electrons. The number of anilines is 3. The van der Waals surface area contributed by atoms with Gasteiger partial charge >= 0.3 is 0 Å². The van der Waals surface area contributed by atoms with E-state index in [-0.39, 0.29) is 11.8 Å². The number of nitrogens with zero attached hydrogens (tertiary/aromatic N) is 5. The summed E-state index contributed by atoms with van der Waals surface area (Å²) in [5.74, 6) is 1.25. The first-order chi connectivity index (χ1) is 21.4. The van der Waals surface area contributed by atoms with Crippen molar-refractivity contribution < 1.29 is 9.53 Å². The van der Waals surface area contributed by atoms with Crippen LogP contribution in [0.2, 0.25) is 0 Å². The van der Waals surface area contributed by atoms with Crippen molar-refractivity contribution in [3.63, 3.8) is 0 Å². The maximum atomic E-state index is 11.8. The minimum absolute atomic E-state index is 0.247. The fourth-order valence-electron chi connectivity index (χ4n) is 5.85. The van der Waals surface area contributed by atoms with Crippen LogP contribution in [0.5, 0.6) is 0 Å². The molecule has 0 atom stereocenters. The van der Waals surface area contributed by atoms with Crippen molar-refractivity contribution in [3.8, 4) is 11.3 Å². The molecule has 6 rings (SSSR count). The number of carbonyl (C=O) groups is 1. The maximum absolute atomic E-state index is 11.8. The lowest BCUT2D eigenvalue weighted by Crippen LogP contribution is -2.30. The number of nitrogens with one attached hydrogen (secondary N) is 3. The molecule has 1 aliphatic carbocycles. The fraction of sp³-hybridized carbons (Fsp3) is 0.324. The molecular formula is C34H38N8O2. The molecule has 0 spiro atoms. The van der Waals surface area contributed by atoms with E-state index in [4.69, 9.17) is 19.7 Å². The third-order valence-electron chi connectivity index (χ3n) is 8.28. The summed E-state index contributed by atoms with van der Waals surface area (Å²) in [5.41, 5.74) is 5.52. The van der Waals surface area contributed by atoms with Gasteiger partial charge < -0.3 is 20.7 Å². The summed E-state index contributed by atoms with van der Waals surface area (Å²) < 4.78 is 7.35. The second-order valence-corrected chi connectivity index (χ2v) is 11.5. The van der Waals surface area contributed by atoms with Crippen LogP contribution in [0.15, 0.2) is 73.6 Å². The van der Waals surface area contributed by atoms with Gasteiger partial charge in [0, 0.05) is 48.1 Å². The van der Waals surface area contributed by atoms with Crippen molar-refractivity contribution in [2.45, 2.75) is 64.1 Å². The molecular weight excluding hydrogens is 552 g/mol. The van der Waals surface area contributed by atoms with Crippen LogP contribution in [0.3, 0.4) is 0 Å². The van der Waals surface area contributed by atoms with Gasteiger partial charge in [-0.15, -0.1) is 0 Å². The summed E-state index contributed by atoms with van der Waals surface area (Å²) in [6.45, 7) is 8.33. The molecule has 1 fully saturated rings. The van der Waals surface area contributed by atoms with E-state index < -0.39 is 0 Å². The van der Waals surface area contributed by atoms with E-state index in [2.05, 4.69) is 53.6 Å². The molecule has 0 saturated heterocycles. The van der Waals surface area contributed by atoms with Gasteiger partial charge in [0.15, 0.2) is 5.65 Å². The average molecular weight is 591 g/mol. The Bertz CT molecular complexity index is 1810. The van der Waals surface area contributed by atoms with Crippen molar-refractivity contribution in [1.82, 2.24) is 24.6 Å². The van der Waals surface area contributed by atoms with E-state index in [1.54, 1.807) is 17.8 Å². The molecule has 0 aliphatic heterocycles. The van der Waals surface area contributed by atoms with Crippen LogP contribution in [0, 0.1) is 0 Å². The van der Waals surface area contributed by atoms with Crippen LogP contribution in [0.25, 0.3) is 27.7 Å². The Balaban J connectivity index is 1.30. The van der Waals surface area contributed by atoms with Gasteiger partial charge in [0.2, 0.25) is 17.8 Å². The highest BCUT2D eigenvalue weighted by Gasteiger charge is 2.23. The summed E-state index contributed by atoms with van der Waals surface area (Å²) in [4.78, 5) is 26.4. The second-order valence-electron chi connectivity index (χ2n) is 11.5. The quantitative estimate of drug-likeness (QED) is 0.156. The van der Waals surface area contributed by atoms with E-state index >= 15 is 0 Å². The third-order valence-corrected chi connectivity index (χ3v) is 8.28. The molecule has 3 aromatic heterocycles. The van der Waals surface area contributed by atoms with Gasteiger partial charge in [0.05, 0.1) is 18.0 Å². The molecule has 0 unspecified atom stereocenters. The highest BCUT2D eigenvalue weighted by molar-refractivity contribution is 6.02. The number of ether oxygens (including phenoxy) is 1. The molecule has 1 saturated carbocycles. The summed E-state index contributed by atoms with van der Waals surface area (Å²) in [6, 6.07) is 16.3. The van der Waals surface area contributed by atoms with Crippen molar-refractivity contribution in [1.29, 1.82) is 0 Å². The Morgan fingerprint density at radius 2 is 1.93 bits per heavy atom. The Morgan fingerprint density at radius 1 is 1.11 bits per heavy atom. The van der Waals surface area contributed by atoms with Gasteiger partial charge in [-0.2, -0.15) is 19.6 Å². The molecule has 44 heavy (non-hydrogen) atoms. The molecule has 10 heteroatoms. The highest BCUT2D eigenvalue weighted by atomic mass is 16.5. The first-order valence-electron chi connectivity index (χ1n) is 15.1. The lowest BCUT2D eigenvalue weighted by Gasteiger charge is -2.28. The van der Waals surface area contributed by atoms with Gasteiger partial charge in [-0.1, -0.05) is 50.8 Å². The largest absolute Gasteiger partial charge is 0.381 e. The first kappa shape index (κ1) is 29.3. The number of hydrogen-bond donors (Lipinski definition) is 3. The minimum Gasteiger partial charge on any atom is -0.381 e. The lowest BCUT2D eigenvalue weighted by molar-refractivity contribution is -0.111. The number of fused-ring (bicyclic) bond motifs is 2. The van der Waals surface area contributed by atoms with E-state index in [9.17, 15) is 4.79 Å². The molecule has 226 valence electrons.